The molecule has 0 amide bonds. The fourth-order valence-corrected chi connectivity index (χ4v) is 2.45. The lowest BCUT2D eigenvalue weighted by Crippen LogP contribution is -2.57. The summed E-state index contributed by atoms with van der Waals surface area (Å²) in [5.41, 5.74) is 0.151. The molecule has 2 nitrogen and oxygen atoms in total. The highest BCUT2D eigenvalue weighted by atomic mass is 16.1. The Morgan fingerprint density at radius 1 is 1.64 bits per heavy atom. The van der Waals surface area contributed by atoms with Crippen LogP contribution in [0.25, 0.3) is 0 Å². The molecule has 62 valence electrons. The van der Waals surface area contributed by atoms with Crippen LogP contribution in [-0.2, 0) is 4.79 Å². The lowest BCUT2D eigenvalue weighted by molar-refractivity contribution is -0.124. The quantitative estimate of drug-likeness (QED) is 0.567. The first-order valence-corrected chi connectivity index (χ1v) is 4.47. The standard InChI is InChI=1S/C9H15NO/c1-9-4-2-3-7(10-9)5-8(11)6-9/h7,10H,2-6H2,1H3/t7-,9+/m0/s1. The summed E-state index contributed by atoms with van der Waals surface area (Å²) < 4.78 is 0. The first-order chi connectivity index (χ1) is 5.18. The minimum Gasteiger partial charge on any atom is -0.308 e. The molecule has 0 aromatic heterocycles. The second-order valence-electron chi connectivity index (χ2n) is 4.21. The number of rotatable bonds is 0. The van der Waals surface area contributed by atoms with Crippen LogP contribution in [0.3, 0.4) is 0 Å². The minimum absolute atomic E-state index is 0.151. The molecule has 2 heteroatoms. The van der Waals surface area contributed by atoms with Crippen molar-refractivity contribution in [3.05, 3.63) is 0 Å². The lowest BCUT2D eigenvalue weighted by Gasteiger charge is -2.43. The molecule has 2 bridgehead atoms. The van der Waals surface area contributed by atoms with E-state index in [4.69, 9.17) is 0 Å². The van der Waals surface area contributed by atoms with Crippen molar-refractivity contribution < 1.29 is 4.79 Å². The van der Waals surface area contributed by atoms with E-state index in [0.29, 0.717) is 11.8 Å². The number of hydrogen-bond donors (Lipinski definition) is 1. The molecule has 0 saturated carbocycles. The normalized spacial score (nSPS) is 44.1. The zero-order valence-corrected chi connectivity index (χ0v) is 7.02. The third-order valence-electron chi connectivity index (χ3n) is 2.90. The number of ketones is 1. The molecule has 2 saturated heterocycles. The predicted molar refractivity (Wildman–Crippen MR) is 43.4 cm³/mol. The van der Waals surface area contributed by atoms with Crippen LogP contribution >= 0.6 is 0 Å². The zero-order chi connectivity index (χ0) is 7.90. The Balaban J connectivity index is 2.15. The molecular weight excluding hydrogens is 138 g/mol. The Bertz CT molecular complexity index is 190. The Kier molecular flexibility index (Phi) is 1.53. The van der Waals surface area contributed by atoms with Crippen LogP contribution in [0.4, 0.5) is 0 Å². The van der Waals surface area contributed by atoms with Crippen molar-refractivity contribution >= 4 is 5.78 Å². The smallest absolute Gasteiger partial charge is 0.136 e. The molecule has 2 atom stereocenters. The van der Waals surface area contributed by atoms with Gasteiger partial charge in [-0.2, -0.15) is 0 Å². The third kappa shape index (κ3) is 1.32. The molecule has 2 aliphatic rings. The Labute approximate surface area is 67.4 Å². The molecule has 0 aromatic carbocycles. The average Bonchev–Trinajstić information content (AvgIpc) is 1.82. The molecule has 2 heterocycles. The van der Waals surface area contributed by atoms with Crippen LogP contribution in [0.15, 0.2) is 0 Å². The zero-order valence-electron chi connectivity index (χ0n) is 7.02. The lowest BCUT2D eigenvalue weighted by atomic mass is 9.77. The largest absolute Gasteiger partial charge is 0.308 e. The Morgan fingerprint density at radius 3 is 3.18 bits per heavy atom. The highest BCUT2D eigenvalue weighted by Crippen LogP contribution is 2.31. The van der Waals surface area contributed by atoms with Crippen LogP contribution in [0.5, 0.6) is 0 Å². The van der Waals surface area contributed by atoms with Gasteiger partial charge in [0.15, 0.2) is 0 Å². The monoisotopic (exact) mass is 153 g/mol. The van der Waals surface area contributed by atoms with Crippen molar-refractivity contribution in [1.82, 2.24) is 5.32 Å². The highest BCUT2D eigenvalue weighted by Gasteiger charge is 2.38. The fraction of sp³-hybridized carbons (Fsp3) is 0.889. The third-order valence-corrected chi connectivity index (χ3v) is 2.90. The van der Waals surface area contributed by atoms with Gasteiger partial charge < -0.3 is 5.32 Å². The van der Waals surface area contributed by atoms with E-state index in [-0.39, 0.29) is 5.54 Å². The molecule has 11 heavy (non-hydrogen) atoms. The summed E-state index contributed by atoms with van der Waals surface area (Å²) in [4.78, 5) is 11.2. The molecule has 0 spiro atoms. The van der Waals surface area contributed by atoms with E-state index < -0.39 is 0 Å². The van der Waals surface area contributed by atoms with E-state index in [1.807, 2.05) is 0 Å². The fourth-order valence-electron chi connectivity index (χ4n) is 2.45. The Hall–Kier alpha value is -0.370. The molecule has 0 aromatic rings. The van der Waals surface area contributed by atoms with Gasteiger partial charge in [0.2, 0.25) is 0 Å². The molecule has 0 unspecified atom stereocenters. The highest BCUT2D eigenvalue weighted by molar-refractivity contribution is 5.81. The van der Waals surface area contributed by atoms with Crippen molar-refractivity contribution in [2.75, 3.05) is 0 Å². The summed E-state index contributed by atoms with van der Waals surface area (Å²) in [6.07, 6.45) is 5.19. The van der Waals surface area contributed by atoms with E-state index >= 15 is 0 Å². The number of nitrogens with one attached hydrogen (secondary N) is 1. The van der Waals surface area contributed by atoms with Crippen molar-refractivity contribution in [1.29, 1.82) is 0 Å². The maximum atomic E-state index is 11.2. The van der Waals surface area contributed by atoms with Gasteiger partial charge >= 0.3 is 0 Å². The summed E-state index contributed by atoms with van der Waals surface area (Å²) in [7, 11) is 0. The van der Waals surface area contributed by atoms with Gasteiger partial charge in [0.05, 0.1) is 0 Å². The van der Waals surface area contributed by atoms with Gasteiger partial charge in [0.1, 0.15) is 5.78 Å². The van der Waals surface area contributed by atoms with E-state index in [1.54, 1.807) is 0 Å². The summed E-state index contributed by atoms with van der Waals surface area (Å²) in [6, 6.07) is 0.495. The summed E-state index contributed by atoms with van der Waals surface area (Å²) in [5.74, 6) is 0.455. The van der Waals surface area contributed by atoms with E-state index in [0.717, 1.165) is 12.8 Å². The van der Waals surface area contributed by atoms with Crippen molar-refractivity contribution in [3.8, 4) is 0 Å². The maximum absolute atomic E-state index is 11.2. The summed E-state index contributed by atoms with van der Waals surface area (Å²) in [6.45, 7) is 2.18. The first-order valence-electron chi connectivity index (χ1n) is 4.47. The van der Waals surface area contributed by atoms with Gasteiger partial charge in [0, 0.05) is 24.4 Å². The average molecular weight is 153 g/mol. The summed E-state index contributed by atoms with van der Waals surface area (Å²) >= 11 is 0. The number of hydrogen-bond acceptors (Lipinski definition) is 2. The van der Waals surface area contributed by atoms with Gasteiger partial charge in [0.25, 0.3) is 0 Å². The van der Waals surface area contributed by atoms with Gasteiger partial charge in [-0.25, -0.2) is 0 Å². The van der Waals surface area contributed by atoms with Crippen LogP contribution in [-0.4, -0.2) is 17.4 Å². The van der Waals surface area contributed by atoms with Crippen molar-refractivity contribution in [2.24, 2.45) is 0 Å². The van der Waals surface area contributed by atoms with Gasteiger partial charge in [-0.15, -0.1) is 0 Å². The van der Waals surface area contributed by atoms with Crippen LogP contribution in [0, 0.1) is 0 Å². The first kappa shape index (κ1) is 7.29. The van der Waals surface area contributed by atoms with Gasteiger partial charge in [-0.3, -0.25) is 4.79 Å². The number of piperidine rings is 2. The van der Waals surface area contributed by atoms with E-state index in [1.165, 1.54) is 19.3 Å². The molecular formula is C9H15NO. The summed E-state index contributed by atoms with van der Waals surface area (Å²) in [5, 5.41) is 3.54. The van der Waals surface area contributed by atoms with Gasteiger partial charge in [-0.1, -0.05) is 6.42 Å². The Morgan fingerprint density at radius 2 is 2.45 bits per heavy atom. The number of fused-ring (bicyclic) bond motifs is 2. The number of carbonyl (C=O) groups excluding carboxylic acids is 1. The molecule has 0 radical (unpaired) electrons. The molecule has 1 N–H and O–H groups in total. The topological polar surface area (TPSA) is 29.1 Å². The minimum atomic E-state index is 0.151. The van der Waals surface area contributed by atoms with Crippen LogP contribution in [0.1, 0.15) is 39.0 Å². The van der Waals surface area contributed by atoms with Crippen LogP contribution < -0.4 is 5.32 Å². The van der Waals surface area contributed by atoms with Crippen LogP contribution in [0.2, 0.25) is 0 Å². The number of carbonyl (C=O) groups is 1. The SMILES string of the molecule is C[C@@]12CCC[C@@H](CC(=O)C1)N2. The number of Topliss-reactive ketones (excluding diaryl/α,β-unsaturated/α-hetero) is 1. The molecule has 2 rings (SSSR count). The maximum Gasteiger partial charge on any atom is 0.136 e. The van der Waals surface area contributed by atoms with Gasteiger partial charge in [-0.05, 0) is 19.8 Å². The molecule has 2 fully saturated rings. The second-order valence-corrected chi connectivity index (χ2v) is 4.21. The van der Waals surface area contributed by atoms with E-state index in [2.05, 4.69) is 12.2 Å². The van der Waals surface area contributed by atoms with E-state index in [9.17, 15) is 4.79 Å². The molecule has 0 aliphatic carbocycles. The molecule has 2 aliphatic heterocycles. The van der Waals surface area contributed by atoms with Crippen molar-refractivity contribution in [2.45, 2.75) is 50.6 Å². The van der Waals surface area contributed by atoms with Crippen molar-refractivity contribution in [3.63, 3.8) is 0 Å². The second kappa shape index (κ2) is 2.31. The predicted octanol–water partition coefficient (Wildman–Crippen LogP) is 1.25.